The lowest BCUT2D eigenvalue weighted by molar-refractivity contribution is -0.130. The van der Waals surface area contributed by atoms with Crippen LogP contribution in [0.5, 0.6) is 0 Å². The first-order valence-electron chi connectivity index (χ1n) is 8.66. The minimum Gasteiger partial charge on any atom is -0.339 e. The van der Waals surface area contributed by atoms with E-state index in [4.69, 9.17) is 0 Å². The van der Waals surface area contributed by atoms with Gasteiger partial charge in [-0.1, -0.05) is 17.7 Å². The van der Waals surface area contributed by atoms with Gasteiger partial charge in [-0.05, 0) is 31.5 Å². The highest BCUT2D eigenvalue weighted by Crippen LogP contribution is 2.19. The number of anilines is 2. The molecule has 0 radical (unpaired) electrons. The number of benzene rings is 1. The van der Waals surface area contributed by atoms with Gasteiger partial charge >= 0.3 is 0 Å². The number of hydrogen-bond donors (Lipinski definition) is 1. The molecule has 3 rings (SSSR count). The van der Waals surface area contributed by atoms with Gasteiger partial charge in [0.1, 0.15) is 5.69 Å². The third-order valence-electron chi connectivity index (χ3n) is 4.52. The number of carbonyl (C=O) groups is 2. The molecule has 136 valence electrons. The number of amides is 2. The van der Waals surface area contributed by atoms with Crippen LogP contribution in [-0.2, 0) is 4.79 Å². The summed E-state index contributed by atoms with van der Waals surface area (Å²) in [6, 6.07) is 7.68. The van der Waals surface area contributed by atoms with Crippen molar-refractivity contribution >= 4 is 23.5 Å². The molecule has 0 bridgehead atoms. The highest BCUT2D eigenvalue weighted by molar-refractivity contribution is 5.92. The van der Waals surface area contributed by atoms with E-state index in [0.717, 1.165) is 11.3 Å². The number of aryl methyl sites for hydroxylation is 2. The van der Waals surface area contributed by atoms with E-state index in [-0.39, 0.29) is 11.8 Å². The van der Waals surface area contributed by atoms with Gasteiger partial charge in [-0.2, -0.15) is 0 Å². The van der Waals surface area contributed by atoms with Crippen molar-refractivity contribution < 1.29 is 9.59 Å². The second-order valence-electron chi connectivity index (χ2n) is 6.51. The Morgan fingerprint density at radius 2 is 1.73 bits per heavy atom. The Hall–Kier alpha value is -2.96. The zero-order chi connectivity index (χ0) is 18.7. The van der Waals surface area contributed by atoms with Gasteiger partial charge in [-0.3, -0.25) is 9.59 Å². The van der Waals surface area contributed by atoms with Gasteiger partial charge in [-0.25, -0.2) is 9.97 Å². The molecule has 2 amide bonds. The maximum atomic E-state index is 12.7. The smallest absolute Gasteiger partial charge is 0.272 e. The lowest BCUT2D eigenvalue weighted by Crippen LogP contribution is -2.50. The van der Waals surface area contributed by atoms with Crippen LogP contribution in [0.2, 0.25) is 0 Å². The Labute approximate surface area is 153 Å². The van der Waals surface area contributed by atoms with Crippen LogP contribution >= 0.6 is 0 Å². The molecule has 1 fully saturated rings. The van der Waals surface area contributed by atoms with E-state index < -0.39 is 0 Å². The topological polar surface area (TPSA) is 78.4 Å². The van der Waals surface area contributed by atoms with Crippen molar-refractivity contribution in [1.29, 1.82) is 0 Å². The molecular weight excluding hydrogens is 330 g/mol. The summed E-state index contributed by atoms with van der Waals surface area (Å²) < 4.78 is 0. The van der Waals surface area contributed by atoms with Crippen molar-refractivity contribution in [2.75, 3.05) is 31.5 Å². The van der Waals surface area contributed by atoms with Crippen molar-refractivity contribution in [2.24, 2.45) is 0 Å². The standard InChI is InChI=1S/C19H23N5O2/c1-13-4-5-16(14(2)12-13)21-19-20-7-6-17(22-19)18(26)24-10-8-23(9-11-24)15(3)25/h4-7,12H,8-11H2,1-3H3,(H,20,21,22). The van der Waals surface area contributed by atoms with Crippen LogP contribution in [0.25, 0.3) is 0 Å². The quantitative estimate of drug-likeness (QED) is 0.915. The number of hydrogen-bond acceptors (Lipinski definition) is 5. The molecular formula is C19H23N5O2. The first-order chi connectivity index (χ1) is 12.4. The van der Waals surface area contributed by atoms with E-state index in [1.54, 1.807) is 29.0 Å². The Morgan fingerprint density at radius 3 is 2.38 bits per heavy atom. The van der Waals surface area contributed by atoms with Gasteiger partial charge in [-0.15, -0.1) is 0 Å². The zero-order valence-electron chi connectivity index (χ0n) is 15.3. The van der Waals surface area contributed by atoms with Gasteiger partial charge in [0.2, 0.25) is 11.9 Å². The Kier molecular flexibility index (Phi) is 5.16. The van der Waals surface area contributed by atoms with Crippen molar-refractivity contribution in [1.82, 2.24) is 19.8 Å². The fourth-order valence-corrected chi connectivity index (χ4v) is 3.00. The third kappa shape index (κ3) is 3.99. The number of piperazine rings is 1. The number of nitrogens with one attached hydrogen (secondary N) is 1. The van der Waals surface area contributed by atoms with E-state index in [9.17, 15) is 9.59 Å². The largest absolute Gasteiger partial charge is 0.339 e. The summed E-state index contributed by atoms with van der Waals surface area (Å²) in [6.07, 6.45) is 1.58. The third-order valence-corrected chi connectivity index (χ3v) is 4.52. The maximum absolute atomic E-state index is 12.7. The van der Waals surface area contributed by atoms with Crippen LogP contribution in [0.3, 0.4) is 0 Å². The molecule has 1 aliphatic heterocycles. The normalized spacial score (nSPS) is 14.3. The van der Waals surface area contributed by atoms with Crippen LogP contribution < -0.4 is 5.32 Å². The molecule has 0 unspecified atom stereocenters. The fourth-order valence-electron chi connectivity index (χ4n) is 3.00. The van der Waals surface area contributed by atoms with E-state index in [2.05, 4.69) is 21.4 Å². The number of carbonyl (C=O) groups excluding carboxylic acids is 2. The Balaban J connectivity index is 1.71. The molecule has 2 heterocycles. The fraction of sp³-hybridized carbons (Fsp3) is 0.368. The van der Waals surface area contributed by atoms with Crippen LogP contribution in [0.4, 0.5) is 11.6 Å². The minimum absolute atomic E-state index is 0.0408. The molecule has 1 aromatic carbocycles. The average molecular weight is 353 g/mol. The van der Waals surface area contributed by atoms with Crippen molar-refractivity contribution in [3.63, 3.8) is 0 Å². The number of nitrogens with zero attached hydrogens (tertiary/aromatic N) is 4. The molecule has 2 aromatic rings. The van der Waals surface area contributed by atoms with Crippen molar-refractivity contribution in [2.45, 2.75) is 20.8 Å². The van der Waals surface area contributed by atoms with E-state index in [0.29, 0.717) is 37.8 Å². The van der Waals surface area contributed by atoms with Gasteiger partial charge in [0.15, 0.2) is 0 Å². The van der Waals surface area contributed by atoms with Crippen molar-refractivity contribution in [3.8, 4) is 0 Å². The van der Waals surface area contributed by atoms with Gasteiger partial charge in [0, 0.05) is 45.0 Å². The lowest BCUT2D eigenvalue weighted by Gasteiger charge is -2.34. The molecule has 0 spiro atoms. The lowest BCUT2D eigenvalue weighted by atomic mass is 10.1. The molecule has 0 saturated carbocycles. The predicted molar refractivity (Wildman–Crippen MR) is 99.4 cm³/mol. The second kappa shape index (κ2) is 7.51. The van der Waals surface area contributed by atoms with Gasteiger partial charge in [0.25, 0.3) is 5.91 Å². The maximum Gasteiger partial charge on any atom is 0.272 e. The number of aromatic nitrogens is 2. The highest BCUT2D eigenvalue weighted by atomic mass is 16.2. The molecule has 1 aromatic heterocycles. The monoisotopic (exact) mass is 353 g/mol. The first-order valence-corrected chi connectivity index (χ1v) is 8.66. The summed E-state index contributed by atoms with van der Waals surface area (Å²) in [5, 5.41) is 3.17. The summed E-state index contributed by atoms with van der Waals surface area (Å²) in [5.41, 5.74) is 3.53. The SMILES string of the molecule is CC(=O)N1CCN(C(=O)c2ccnc(Nc3ccc(C)cc3C)n2)CC1. The van der Waals surface area contributed by atoms with Gasteiger partial charge in [0.05, 0.1) is 0 Å². The van der Waals surface area contributed by atoms with Crippen LogP contribution in [0.15, 0.2) is 30.5 Å². The zero-order valence-corrected chi connectivity index (χ0v) is 15.3. The van der Waals surface area contributed by atoms with E-state index >= 15 is 0 Å². The molecule has 1 N–H and O–H groups in total. The molecule has 1 saturated heterocycles. The highest BCUT2D eigenvalue weighted by Gasteiger charge is 2.24. The molecule has 0 aliphatic carbocycles. The summed E-state index contributed by atoms with van der Waals surface area (Å²) in [6.45, 7) is 7.74. The Bertz CT molecular complexity index is 828. The molecule has 7 nitrogen and oxygen atoms in total. The van der Waals surface area contributed by atoms with Crippen molar-refractivity contribution in [3.05, 3.63) is 47.3 Å². The van der Waals surface area contributed by atoms with E-state index in [1.807, 2.05) is 26.0 Å². The number of rotatable bonds is 3. The molecule has 0 atom stereocenters. The summed E-state index contributed by atoms with van der Waals surface area (Å²) >= 11 is 0. The van der Waals surface area contributed by atoms with Gasteiger partial charge < -0.3 is 15.1 Å². The summed E-state index contributed by atoms with van der Waals surface area (Å²) in [4.78, 5) is 36.2. The second-order valence-corrected chi connectivity index (χ2v) is 6.51. The van der Waals surface area contributed by atoms with E-state index in [1.165, 1.54) is 5.56 Å². The minimum atomic E-state index is -0.140. The Morgan fingerprint density at radius 1 is 1.04 bits per heavy atom. The summed E-state index contributed by atoms with van der Waals surface area (Å²) in [5.74, 6) is 0.295. The predicted octanol–water partition coefficient (Wildman–Crippen LogP) is 2.14. The van der Waals surface area contributed by atoms with Crippen LogP contribution in [-0.4, -0.2) is 57.8 Å². The summed E-state index contributed by atoms with van der Waals surface area (Å²) in [7, 11) is 0. The van der Waals surface area contributed by atoms with Crippen LogP contribution in [0, 0.1) is 13.8 Å². The molecule has 26 heavy (non-hydrogen) atoms. The van der Waals surface area contributed by atoms with Crippen LogP contribution in [0.1, 0.15) is 28.5 Å². The average Bonchev–Trinajstić information content (AvgIpc) is 2.64. The molecule has 7 heteroatoms. The molecule has 1 aliphatic rings. The first kappa shape index (κ1) is 17.8.